The van der Waals surface area contributed by atoms with Crippen LogP contribution in [-0.4, -0.2) is 64.6 Å². The molecular formula is C34H35FN4O3. The van der Waals surface area contributed by atoms with Crippen LogP contribution in [0.25, 0.3) is 0 Å². The highest BCUT2D eigenvalue weighted by atomic mass is 19.1. The van der Waals surface area contributed by atoms with Crippen molar-refractivity contribution in [2.75, 3.05) is 26.2 Å². The molecule has 3 aromatic rings. The highest BCUT2D eigenvalue weighted by Gasteiger charge is 2.46. The van der Waals surface area contributed by atoms with Crippen LogP contribution in [0, 0.1) is 11.2 Å². The molecule has 8 heteroatoms. The number of nitrogens with one attached hydrogen (secondary N) is 1. The second kappa shape index (κ2) is 10.7. The normalized spacial score (nSPS) is 22.4. The van der Waals surface area contributed by atoms with Crippen LogP contribution in [0.15, 0.2) is 72.8 Å². The standard InChI is InChI=1S/C34H35FN4O3/c35-30-25(11-12-26-27(30)20-39(33(26)42)28-13-14-29(40)36-32(28)41)19-37-21-34(22-37)15-17-38(18-16-34)31(23-7-3-1-4-8-23)24-9-5-2-6-10-24/h1-12,28,31H,13-22H2,(H,36,40,41). The Morgan fingerprint density at radius 3 is 2.14 bits per heavy atom. The van der Waals surface area contributed by atoms with Crippen molar-refractivity contribution in [1.29, 1.82) is 0 Å². The summed E-state index contributed by atoms with van der Waals surface area (Å²) in [4.78, 5) is 43.2. The number of likely N-dealkylation sites (tertiary alicyclic amines) is 2. The van der Waals surface area contributed by atoms with Gasteiger partial charge in [-0.1, -0.05) is 66.7 Å². The molecule has 1 spiro atoms. The molecular weight excluding hydrogens is 531 g/mol. The number of carbonyl (C=O) groups is 3. The maximum absolute atomic E-state index is 15.7. The Labute approximate surface area is 245 Å². The van der Waals surface area contributed by atoms with E-state index < -0.39 is 11.9 Å². The van der Waals surface area contributed by atoms with E-state index in [9.17, 15) is 14.4 Å². The van der Waals surface area contributed by atoms with Gasteiger partial charge in [0, 0.05) is 42.7 Å². The second-order valence-electron chi connectivity index (χ2n) is 12.4. The largest absolute Gasteiger partial charge is 0.322 e. The van der Waals surface area contributed by atoms with Crippen molar-refractivity contribution < 1.29 is 18.8 Å². The highest BCUT2D eigenvalue weighted by Crippen LogP contribution is 2.44. The average Bonchev–Trinajstić information content (AvgIpc) is 3.32. The van der Waals surface area contributed by atoms with Gasteiger partial charge in [0.1, 0.15) is 11.9 Å². The minimum absolute atomic E-state index is 0.0594. The third kappa shape index (κ3) is 4.82. The number of hydrogen-bond acceptors (Lipinski definition) is 5. The summed E-state index contributed by atoms with van der Waals surface area (Å²) in [5.41, 5.74) is 4.17. The minimum atomic E-state index is -0.741. The van der Waals surface area contributed by atoms with Crippen LogP contribution in [0.3, 0.4) is 0 Å². The molecule has 0 saturated carbocycles. The Morgan fingerprint density at radius 1 is 0.881 bits per heavy atom. The molecule has 4 aliphatic heterocycles. The number of hydrogen-bond donors (Lipinski definition) is 1. The van der Waals surface area contributed by atoms with Crippen LogP contribution >= 0.6 is 0 Å². The van der Waals surface area contributed by atoms with E-state index in [0.29, 0.717) is 23.2 Å². The second-order valence-corrected chi connectivity index (χ2v) is 12.4. The number of benzene rings is 3. The number of piperidine rings is 2. The predicted molar refractivity (Wildman–Crippen MR) is 156 cm³/mol. The van der Waals surface area contributed by atoms with Crippen LogP contribution in [0.2, 0.25) is 0 Å². The van der Waals surface area contributed by atoms with Crippen LogP contribution in [0.4, 0.5) is 4.39 Å². The molecule has 0 radical (unpaired) electrons. The Bertz CT molecular complexity index is 1470. The van der Waals surface area contributed by atoms with E-state index in [0.717, 1.165) is 39.0 Å². The predicted octanol–water partition coefficient (Wildman–Crippen LogP) is 4.27. The van der Waals surface area contributed by atoms with Crippen molar-refractivity contribution in [2.45, 2.75) is 50.9 Å². The van der Waals surface area contributed by atoms with Crippen molar-refractivity contribution in [3.05, 3.63) is 106 Å². The smallest absolute Gasteiger partial charge is 0.255 e. The Kier molecular flexibility index (Phi) is 6.91. The SMILES string of the molecule is O=C1CCC(N2Cc3c(ccc(CN4CC5(CCN(C(c6ccccc6)c6ccccc6)CC5)C4)c3F)C2=O)C(=O)N1. The number of amides is 3. The van der Waals surface area contributed by atoms with Crippen molar-refractivity contribution in [3.63, 3.8) is 0 Å². The Morgan fingerprint density at radius 2 is 1.52 bits per heavy atom. The molecule has 3 saturated heterocycles. The van der Waals surface area contributed by atoms with Gasteiger partial charge in [0.2, 0.25) is 11.8 Å². The molecule has 3 fully saturated rings. The van der Waals surface area contributed by atoms with Gasteiger partial charge in [0.25, 0.3) is 5.91 Å². The molecule has 0 aromatic heterocycles. The molecule has 0 aliphatic carbocycles. The van der Waals surface area contributed by atoms with Gasteiger partial charge in [0.15, 0.2) is 0 Å². The molecule has 0 bridgehead atoms. The summed E-state index contributed by atoms with van der Waals surface area (Å²) in [5.74, 6) is -1.51. The lowest BCUT2D eigenvalue weighted by atomic mass is 9.71. The van der Waals surface area contributed by atoms with E-state index >= 15 is 4.39 Å². The third-order valence-corrected chi connectivity index (χ3v) is 9.70. The third-order valence-electron chi connectivity index (χ3n) is 9.70. The molecule has 216 valence electrons. The van der Waals surface area contributed by atoms with Gasteiger partial charge in [-0.2, -0.15) is 0 Å². The zero-order valence-electron chi connectivity index (χ0n) is 23.6. The van der Waals surface area contributed by atoms with Crippen LogP contribution in [0.1, 0.15) is 64.3 Å². The first-order valence-electron chi connectivity index (χ1n) is 14.9. The number of imide groups is 1. The highest BCUT2D eigenvalue weighted by molar-refractivity contribution is 6.05. The van der Waals surface area contributed by atoms with Gasteiger partial charge < -0.3 is 4.90 Å². The van der Waals surface area contributed by atoms with E-state index in [4.69, 9.17) is 0 Å². The summed E-state index contributed by atoms with van der Waals surface area (Å²) >= 11 is 0. The van der Waals surface area contributed by atoms with Crippen LogP contribution in [0.5, 0.6) is 0 Å². The fourth-order valence-corrected chi connectivity index (χ4v) is 7.49. The summed E-state index contributed by atoms with van der Waals surface area (Å²) in [7, 11) is 0. The van der Waals surface area contributed by atoms with E-state index in [-0.39, 0.29) is 48.5 Å². The molecule has 1 N–H and O–H groups in total. The summed E-state index contributed by atoms with van der Waals surface area (Å²) < 4.78 is 15.7. The van der Waals surface area contributed by atoms with Crippen molar-refractivity contribution in [3.8, 4) is 0 Å². The number of fused-ring (bicyclic) bond motifs is 1. The molecule has 4 heterocycles. The summed E-state index contributed by atoms with van der Waals surface area (Å²) in [6.07, 6.45) is 2.67. The molecule has 1 unspecified atom stereocenters. The van der Waals surface area contributed by atoms with Gasteiger partial charge in [-0.25, -0.2) is 4.39 Å². The lowest BCUT2D eigenvalue weighted by Gasteiger charge is -2.55. The van der Waals surface area contributed by atoms with Crippen molar-refractivity contribution in [2.24, 2.45) is 5.41 Å². The van der Waals surface area contributed by atoms with Gasteiger partial charge >= 0.3 is 0 Å². The minimum Gasteiger partial charge on any atom is -0.322 e. The van der Waals surface area contributed by atoms with Crippen LogP contribution in [-0.2, 0) is 22.7 Å². The fraction of sp³-hybridized carbons (Fsp3) is 0.382. The average molecular weight is 567 g/mol. The van der Waals surface area contributed by atoms with E-state index in [2.05, 4.69) is 75.8 Å². The number of halogens is 1. The summed E-state index contributed by atoms with van der Waals surface area (Å²) in [6, 6.07) is 24.4. The van der Waals surface area contributed by atoms with Gasteiger partial charge in [-0.3, -0.25) is 29.5 Å². The van der Waals surface area contributed by atoms with E-state index in [1.807, 2.05) is 0 Å². The lowest BCUT2D eigenvalue weighted by molar-refractivity contribution is -0.136. The zero-order valence-corrected chi connectivity index (χ0v) is 23.6. The first-order valence-corrected chi connectivity index (χ1v) is 14.9. The number of carbonyl (C=O) groups excluding carboxylic acids is 3. The quantitative estimate of drug-likeness (QED) is 0.451. The van der Waals surface area contributed by atoms with E-state index in [1.54, 1.807) is 12.1 Å². The van der Waals surface area contributed by atoms with E-state index in [1.165, 1.54) is 16.0 Å². The molecule has 7 rings (SSSR count). The van der Waals surface area contributed by atoms with Gasteiger partial charge in [-0.05, 0) is 55.0 Å². The molecule has 1 atom stereocenters. The Hall–Kier alpha value is -3.88. The number of nitrogens with zero attached hydrogens (tertiary/aromatic N) is 3. The molecule has 4 aliphatic rings. The van der Waals surface area contributed by atoms with Crippen molar-refractivity contribution >= 4 is 17.7 Å². The number of rotatable bonds is 6. The topological polar surface area (TPSA) is 73.0 Å². The molecule has 3 amide bonds. The monoisotopic (exact) mass is 566 g/mol. The first-order chi connectivity index (χ1) is 20.4. The molecule has 42 heavy (non-hydrogen) atoms. The zero-order chi connectivity index (χ0) is 28.8. The fourth-order valence-electron chi connectivity index (χ4n) is 7.49. The Balaban J connectivity index is 0.987. The molecule has 3 aromatic carbocycles. The van der Waals surface area contributed by atoms with Crippen LogP contribution < -0.4 is 5.32 Å². The van der Waals surface area contributed by atoms with Crippen molar-refractivity contribution in [1.82, 2.24) is 20.0 Å². The summed E-state index contributed by atoms with van der Waals surface area (Å²) in [6.45, 7) is 4.50. The maximum atomic E-state index is 15.7. The van der Waals surface area contributed by atoms with Gasteiger partial charge in [0.05, 0.1) is 12.6 Å². The maximum Gasteiger partial charge on any atom is 0.255 e. The first kappa shape index (κ1) is 27.0. The molecule has 7 nitrogen and oxygen atoms in total. The lowest BCUT2D eigenvalue weighted by Crippen LogP contribution is -2.60. The summed E-state index contributed by atoms with van der Waals surface area (Å²) in [5, 5.41) is 2.30. The van der Waals surface area contributed by atoms with Gasteiger partial charge in [-0.15, -0.1) is 0 Å².